The first-order chi connectivity index (χ1) is 13.3. The Morgan fingerprint density at radius 3 is 2.74 bits per heavy atom. The van der Waals surface area contributed by atoms with Crippen LogP contribution in [-0.4, -0.2) is 42.6 Å². The van der Waals surface area contributed by atoms with Gasteiger partial charge in [0.15, 0.2) is 5.75 Å². The zero-order chi connectivity index (χ0) is 18.5. The molecule has 2 unspecified atom stereocenters. The minimum Gasteiger partial charge on any atom is -0.455 e. The van der Waals surface area contributed by atoms with E-state index in [0.717, 1.165) is 25.1 Å². The predicted octanol–water partition coefficient (Wildman–Crippen LogP) is 4.06. The van der Waals surface area contributed by atoms with Gasteiger partial charge in [0.05, 0.1) is 24.9 Å². The maximum absolute atomic E-state index is 12.7. The number of carbonyl (C=O) groups is 1. The molecule has 5 nitrogen and oxygen atoms in total. The second-order valence-electron chi connectivity index (χ2n) is 7.19. The number of nitrogens with zero attached hydrogens (tertiary/aromatic N) is 1. The number of morpholine rings is 1. The van der Waals surface area contributed by atoms with Crippen molar-refractivity contribution >= 4 is 11.6 Å². The molecule has 1 aliphatic carbocycles. The molecule has 0 spiro atoms. The van der Waals surface area contributed by atoms with Crippen LogP contribution in [0, 0.1) is 0 Å². The molecule has 1 aliphatic heterocycles. The van der Waals surface area contributed by atoms with Crippen molar-refractivity contribution in [3.8, 4) is 11.5 Å². The van der Waals surface area contributed by atoms with E-state index in [0.29, 0.717) is 30.6 Å². The average Bonchev–Trinajstić information content (AvgIpc) is 2.71. The summed E-state index contributed by atoms with van der Waals surface area (Å²) < 4.78 is 11.8. The van der Waals surface area contributed by atoms with Gasteiger partial charge in [-0.2, -0.15) is 0 Å². The number of carbonyl (C=O) groups excluding carboxylic acids is 1. The highest BCUT2D eigenvalue weighted by molar-refractivity contribution is 5.93. The van der Waals surface area contributed by atoms with E-state index in [4.69, 9.17) is 9.47 Å². The number of nitrogens with one attached hydrogen (secondary N) is 1. The van der Waals surface area contributed by atoms with Crippen LogP contribution in [0.25, 0.3) is 0 Å². The van der Waals surface area contributed by atoms with Crippen LogP contribution >= 0.6 is 0 Å². The number of hydrogen-bond acceptors (Lipinski definition) is 4. The molecular formula is C22H26N2O3. The van der Waals surface area contributed by atoms with E-state index in [-0.39, 0.29) is 12.0 Å². The molecule has 2 atom stereocenters. The summed E-state index contributed by atoms with van der Waals surface area (Å²) in [4.78, 5) is 15.0. The molecule has 1 amide bonds. The summed E-state index contributed by atoms with van der Waals surface area (Å²) in [5.74, 6) is 1.39. The van der Waals surface area contributed by atoms with Gasteiger partial charge in [-0.05, 0) is 37.1 Å². The normalized spacial score (nSPS) is 22.7. The highest BCUT2D eigenvalue weighted by atomic mass is 16.5. The highest BCUT2D eigenvalue weighted by Gasteiger charge is 2.34. The van der Waals surface area contributed by atoms with Crippen LogP contribution in [0.4, 0.5) is 5.69 Å². The van der Waals surface area contributed by atoms with Crippen LogP contribution in [0.3, 0.4) is 0 Å². The molecule has 142 valence electrons. The molecule has 2 aliphatic rings. The van der Waals surface area contributed by atoms with E-state index in [9.17, 15) is 4.79 Å². The molecule has 0 radical (unpaired) electrons. The zero-order valence-electron chi connectivity index (χ0n) is 15.5. The fourth-order valence-electron chi connectivity index (χ4n) is 4.02. The van der Waals surface area contributed by atoms with Gasteiger partial charge in [0.2, 0.25) is 5.91 Å². The molecule has 1 saturated carbocycles. The van der Waals surface area contributed by atoms with E-state index in [1.165, 1.54) is 12.8 Å². The Kier molecular flexibility index (Phi) is 5.70. The van der Waals surface area contributed by atoms with Crippen molar-refractivity contribution in [1.29, 1.82) is 0 Å². The monoisotopic (exact) mass is 366 g/mol. The van der Waals surface area contributed by atoms with Crippen molar-refractivity contribution in [3.63, 3.8) is 0 Å². The first-order valence-electron chi connectivity index (χ1n) is 9.77. The van der Waals surface area contributed by atoms with Gasteiger partial charge in [0, 0.05) is 12.6 Å². The van der Waals surface area contributed by atoms with Crippen molar-refractivity contribution < 1.29 is 14.3 Å². The smallest absolute Gasteiger partial charge is 0.238 e. The Hall–Kier alpha value is -2.37. The van der Waals surface area contributed by atoms with Crippen LogP contribution < -0.4 is 10.1 Å². The molecule has 0 bridgehead atoms. The summed E-state index contributed by atoms with van der Waals surface area (Å²) in [6.07, 6.45) is 4.96. The molecule has 4 rings (SSSR count). The van der Waals surface area contributed by atoms with Gasteiger partial charge in [0.1, 0.15) is 5.75 Å². The number of anilines is 1. The number of hydrogen-bond donors (Lipinski definition) is 1. The van der Waals surface area contributed by atoms with Crippen molar-refractivity contribution in [1.82, 2.24) is 4.90 Å². The molecule has 2 aromatic carbocycles. The van der Waals surface area contributed by atoms with E-state index < -0.39 is 0 Å². The van der Waals surface area contributed by atoms with Gasteiger partial charge < -0.3 is 14.8 Å². The van der Waals surface area contributed by atoms with Crippen molar-refractivity contribution in [2.24, 2.45) is 0 Å². The first kappa shape index (κ1) is 18.0. The number of fused-ring (bicyclic) bond motifs is 1. The summed E-state index contributed by atoms with van der Waals surface area (Å²) in [6, 6.07) is 17.5. The summed E-state index contributed by atoms with van der Waals surface area (Å²) in [6.45, 7) is 1.92. The fraction of sp³-hybridized carbons (Fsp3) is 0.409. The average molecular weight is 366 g/mol. The molecule has 1 saturated heterocycles. The molecule has 27 heavy (non-hydrogen) atoms. The van der Waals surface area contributed by atoms with Crippen LogP contribution in [0.2, 0.25) is 0 Å². The van der Waals surface area contributed by atoms with Crippen LogP contribution in [0.5, 0.6) is 11.5 Å². The molecule has 2 aromatic rings. The third-order valence-corrected chi connectivity index (χ3v) is 5.33. The van der Waals surface area contributed by atoms with Gasteiger partial charge in [-0.1, -0.05) is 43.2 Å². The predicted molar refractivity (Wildman–Crippen MR) is 105 cm³/mol. The number of benzene rings is 2. The third kappa shape index (κ3) is 4.49. The lowest BCUT2D eigenvalue weighted by molar-refractivity contribution is -0.124. The van der Waals surface area contributed by atoms with Gasteiger partial charge in [-0.3, -0.25) is 9.69 Å². The number of amides is 1. The number of ether oxygens (including phenoxy) is 2. The lowest BCUT2D eigenvalue weighted by Crippen LogP contribution is -2.54. The summed E-state index contributed by atoms with van der Waals surface area (Å²) in [7, 11) is 0. The SMILES string of the molecule is O=C(CN1CCOC2CCCCC21)Nc1ccccc1Oc1ccccc1. The maximum Gasteiger partial charge on any atom is 0.238 e. The van der Waals surface area contributed by atoms with Crippen LogP contribution in [0.1, 0.15) is 25.7 Å². The Labute approximate surface area is 160 Å². The van der Waals surface area contributed by atoms with Gasteiger partial charge in [0.25, 0.3) is 0 Å². The van der Waals surface area contributed by atoms with Crippen molar-refractivity contribution in [2.75, 3.05) is 25.0 Å². The third-order valence-electron chi connectivity index (χ3n) is 5.33. The Morgan fingerprint density at radius 2 is 1.85 bits per heavy atom. The molecule has 2 fully saturated rings. The van der Waals surface area contributed by atoms with E-state index in [1.54, 1.807) is 0 Å². The van der Waals surface area contributed by atoms with E-state index >= 15 is 0 Å². The molecule has 1 heterocycles. The van der Waals surface area contributed by atoms with Crippen molar-refractivity contribution in [2.45, 2.75) is 37.8 Å². The van der Waals surface area contributed by atoms with Gasteiger partial charge >= 0.3 is 0 Å². The Balaban J connectivity index is 1.41. The Bertz CT molecular complexity index is 763. The molecule has 0 aromatic heterocycles. The minimum atomic E-state index is -0.00895. The zero-order valence-corrected chi connectivity index (χ0v) is 15.5. The summed E-state index contributed by atoms with van der Waals surface area (Å²) in [5.41, 5.74) is 0.694. The van der Waals surface area contributed by atoms with Crippen LogP contribution in [0.15, 0.2) is 54.6 Å². The lowest BCUT2D eigenvalue weighted by atomic mass is 9.90. The molecular weight excluding hydrogens is 340 g/mol. The fourth-order valence-corrected chi connectivity index (χ4v) is 4.02. The second kappa shape index (κ2) is 8.55. The first-order valence-corrected chi connectivity index (χ1v) is 9.77. The molecule has 5 heteroatoms. The number of rotatable bonds is 5. The Morgan fingerprint density at radius 1 is 1.07 bits per heavy atom. The second-order valence-corrected chi connectivity index (χ2v) is 7.19. The van der Waals surface area contributed by atoms with E-state index in [1.807, 2.05) is 54.6 Å². The standard InChI is InChI=1S/C22H26N2O3/c25-22(16-24-14-15-26-21-13-7-5-11-19(21)24)23-18-10-4-6-12-20(18)27-17-8-2-1-3-9-17/h1-4,6,8-10,12,19,21H,5,7,11,13-16H2,(H,23,25). The van der Waals surface area contributed by atoms with Gasteiger partial charge in [-0.15, -0.1) is 0 Å². The number of para-hydroxylation sites is 3. The minimum absolute atomic E-state index is 0.00895. The largest absolute Gasteiger partial charge is 0.455 e. The van der Waals surface area contributed by atoms with Gasteiger partial charge in [-0.25, -0.2) is 0 Å². The van der Waals surface area contributed by atoms with E-state index in [2.05, 4.69) is 10.2 Å². The quantitative estimate of drug-likeness (QED) is 0.867. The van der Waals surface area contributed by atoms with Crippen molar-refractivity contribution in [3.05, 3.63) is 54.6 Å². The summed E-state index contributed by atoms with van der Waals surface area (Å²) >= 11 is 0. The van der Waals surface area contributed by atoms with Crippen LogP contribution in [-0.2, 0) is 9.53 Å². The highest BCUT2D eigenvalue weighted by Crippen LogP contribution is 2.30. The lowest BCUT2D eigenvalue weighted by Gasteiger charge is -2.43. The summed E-state index contributed by atoms with van der Waals surface area (Å²) in [5, 5.41) is 3.03. The topological polar surface area (TPSA) is 50.8 Å². The maximum atomic E-state index is 12.7. The molecule has 1 N–H and O–H groups in total.